The van der Waals surface area contributed by atoms with E-state index in [1.54, 1.807) is 0 Å². The van der Waals surface area contributed by atoms with Crippen LogP contribution < -0.4 is 0 Å². The summed E-state index contributed by atoms with van der Waals surface area (Å²) < 4.78 is 25.0. The van der Waals surface area contributed by atoms with Gasteiger partial charge in [0.25, 0.3) is 0 Å². The summed E-state index contributed by atoms with van der Waals surface area (Å²) in [6.45, 7) is -0.651. The number of rotatable bonds is 5. The summed E-state index contributed by atoms with van der Waals surface area (Å²) in [7, 11) is -2.32. The lowest BCUT2D eigenvalue weighted by atomic mass is 10.4. The van der Waals surface area contributed by atoms with E-state index >= 15 is 0 Å². The normalized spacial score (nSPS) is 13.9. The van der Waals surface area contributed by atoms with Crippen LogP contribution in [0, 0.1) is 0 Å². The highest BCUT2D eigenvalue weighted by molar-refractivity contribution is 7.89. The summed E-state index contributed by atoms with van der Waals surface area (Å²) in [4.78, 5) is 0.0922. The lowest BCUT2D eigenvalue weighted by Crippen LogP contribution is -2.35. The van der Waals surface area contributed by atoms with Crippen LogP contribution in [-0.2, 0) is 10.0 Å². The molecule has 1 atom stereocenters. The monoisotopic (exact) mass is 279 g/mol. The van der Waals surface area contributed by atoms with Crippen LogP contribution in [0.25, 0.3) is 0 Å². The first kappa shape index (κ1) is 14.4. The van der Waals surface area contributed by atoms with Gasteiger partial charge in [0.2, 0.25) is 10.0 Å². The van der Waals surface area contributed by atoms with Crippen molar-refractivity contribution in [3.05, 3.63) is 29.3 Å². The Bertz CT molecular complexity index is 460. The SMILES string of the molecule is CN(CC(O)CO)S(=O)(=O)c1ccc(Cl)cc1. The molecule has 0 saturated heterocycles. The maximum Gasteiger partial charge on any atom is 0.242 e. The van der Waals surface area contributed by atoms with Gasteiger partial charge in [0, 0.05) is 18.6 Å². The van der Waals surface area contributed by atoms with Crippen LogP contribution >= 0.6 is 11.6 Å². The minimum atomic E-state index is -3.66. The average Bonchev–Trinajstić information content (AvgIpc) is 2.29. The molecule has 0 aliphatic rings. The van der Waals surface area contributed by atoms with Gasteiger partial charge in [-0.2, -0.15) is 4.31 Å². The molecule has 0 spiro atoms. The first-order chi connectivity index (χ1) is 7.87. The smallest absolute Gasteiger partial charge is 0.242 e. The lowest BCUT2D eigenvalue weighted by molar-refractivity contribution is 0.0826. The quantitative estimate of drug-likeness (QED) is 0.813. The minimum absolute atomic E-state index is 0.0922. The Morgan fingerprint density at radius 2 is 1.88 bits per heavy atom. The highest BCUT2D eigenvalue weighted by Crippen LogP contribution is 2.17. The van der Waals surface area contributed by atoms with Crippen molar-refractivity contribution in [2.45, 2.75) is 11.0 Å². The molecule has 0 bridgehead atoms. The standard InChI is InChI=1S/C10H14ClNO4S/c1-12(6-9(14)7-13)17(15,16)10-4-2-8(11)3-5-10/h2-5,9,13-14H,6-7H2,1H3. The van der Waals surface area contributed by atoms with Gasteiger partial charge in [-0.1, -0.05) is 11.6 Å². The average molecular weight is 280 g/mol. The number of aliphatic hydroxyl groups is 2. The molecular weight excluding hydrogens is 266 g/mol. The van der Waals surface area contributed by atoms with E-state index in [-0.39, 0.29) is 11.4 Å². The summed E-state index contributed by atoms with van der Waals surface area (Å²) >= 11 is 5.67. The summed E-state index contributed by atoms with van der Waals surface area (Å²) in [5, 5.41) is 18.3. The first-order valence-electron chi connectivity index (χ1n) is 4.88. The van der Waals surface area contributed by atoms with Gasteiger partial charge in [-0.25, -0.2) is 8.42 Å². The van der Waals surface area contributed by atoms with Crippen LogP contribution in [0.2, 0.25) is 5.02 Å². The number of halogens is 1. The molecule has 0 aliphatic carbocycles. The Morgan fingerprint density at radius 1 is 1.35 bits per heavy atom. The number of benzene rings is 1. The Kier molecular flexibility index (Phi) is 4.91. The van der Waals surface area contributed by atoms with Gasteiger partial charge in [0.05, 0.1) is 17.6 Å². The third kappa shape index (κ3) is 3.65. The third-order valence-corrected chi connectivity index (χ3v) is 4.29. The fraction of sp³-hybridized carbons (Fsp3) is 0.400. The van der Waals surface area contributed by atoms with Gasteiger partial charge in [-0.15, -0.1) is 0 Å². The van der Waals surface area contributed by atoms with E-state index in [1.165, 1.54) is 31.3 Å². The van der Waals surface area contributed by atoms with Crippen LogP contribution in [0.5, 0.6) is 0 Å². The van der Waals surface area contributed by atoms with Gasteiger partial charge in [0.15, 0.2) is 0 Å². The van der Waals surface area contributed by atoms with Crippen LogP contribution in [-0.4, -0.2) is 49.2 Å². The van der Waals surface area contributed by atoms with E-state index in [2.05, 4.69) is 0 Å². The van der Waals surface area contributed by atoms with Crippen molar-refractivity contribution >= 4 is 21.6 Å². The fourth-order valence-corrected chi connectivity index (χ4v) is 2.57. The molecule has 1 aromatic rings. The molecular formula is C10H14ClNO4S. The van der Waals surface area contributed by atoms with Crippen LogP contribution in [0.1, 0.15) is 0 Å². The van der Waals surface area contributed by atoms with E-state index in [9.17, 15) is 13.5 Å². The van der Waals surface area contributed by atoms with Crippen molar-refractivity contribution in [1.82, 2.24) is 4.31 Å². The minimum Gasteiger partial charge on any atom is -0.394 e. The van der Waals surface area contributed by atoms with Crippen molar-refractivity contribution in [2.24, 2.45) is 0 Å². The molecule has 0 amide bonds. The predicted molar refractivity (Wildman–Crippen MR) is 64.4 cm³/mol. The zero-order chi connectivity index (χ0) is 13.1. The molecule has 0 radical (unpaired) electrons. The van der Waals surface area contributed by atoms with E-state index in [0.717, 1.165) is 4.31 Å². The van der Waals surface area contributed by atoms with Gasteiger partial charge in [-0.3, -0.25) is 0 Å². The molecule has 5 nitrogen and oxygen atoms in total. The highest BCUT2D eigenvalue weighted by Gasteiger charge is 2.22. The maximum atomic E-state index is 12.0. The molecule has 17 heavy (non-hydrogen) atoms. The Balaban J connectivity index is 2.91. The van der Waals surface area contributed by atoms with Crippen LogP contribution in [0.4, 0.5) is 0 Å². The Morgan fingerprint density at radius 3 is 2.35 bits per heavy atom. The predicted octanol–water partition coefficient (Wildman–Crippen LogP) is 0.314. The largest absolute Gasteiger partial charge is 0.394 e. The molecule has 0 aromatic heterocycles. The molecule has 96 valence electrons. The number of sulfonamides is 1. The van der Waals surface area contributed by atoms with Crippen LogP contribution in [0.15, 0.2) is 29.2 Å². The van der Waals surface area contributed by atoms with E-state index in [0.29, 0.717) is 5.02 Å². The number of likely N-dealkylation sites (N-methyl/N-ethyl adjacent to an activating group) is 1. The second-order valence-electron chi connectivity index (χ2n) is 3.58. The highest BCUT2D eigenvalue weighted by atomic mass is 35.5. The number of aliphatic hydroxyl groups excluding tert-OH is 2. The molecule has 0 aliphatic heterocycles. The summed E-state index contributed by atoms with van der Waals surface area (Å²) in [6, 6.07) is 5.73. The molecule has 1 aromatic carbocycles. The first-order valence-corrected chi connectivity index (χ1v) is 6.70. The van der Waals surface area contributed by atoms with E-state index in [1.807, 2.05) is 0 Å². The van der Waals surface area contributed by atoms with Gasteiger partial charge < -0.3 is 10.2 Å². The number of nitrogens with zero attached hydrogens (tertiary/aromatic N) is 1. The molecule has 7 heteroatoms. The summed E-state index contributed by atoms with van der Waals surface area (Å²) in [5.74, 6) is 0. The molecule has 0 saturated carbocycles. The van der Waals surface area contributed by atoms with Gasteiger partial charge in [-0.05, 0) is 24.3 Å². The molecule has 1 rings (SSSR count). The summed E-state index contributed by atoms with van der Waals surface area (Å²) in [5.41, 5.74) is 0. The van der Waals surface area contributed by atoms with Gasteiger partial charge in [0.1, 0.15) is 0 Å². The molecule has 2 N–H and O–H groups in total. The topological polar surface area (TPSA) is 77.8 Å². The van der Waals surface area contributed by atoms with Crippen molar-refractivity contribution in [2.75, 3.05) is 20.2 Å². The number of hydrogen-bond donors (Lipinski definition) is 2. The number of hydrogen-bond acceptors (Lipinski definition) is 4. The molecule has 0 fully saturated rings. The lowest BCUT2D eigenvalue weighted by Gasteiger charge is -2.19. The molecule has 1 unspecified atom stereocenters. The molecule has 0 heterocycles. The Labute approximate surface area is 105 Å². The Hall–Kier alpha value is -0.660. The fourth-order valence-electron chi connectivity index (χ4n) is 1.24. The van der Waals surface area contributed by atoms with Gasteiger partial charge >= 0.3 is 0 Å². The zero-order valence-electron chi connectivity index (χ0n) is 9.25. The van der Waals surface area contributed by atoms with Crippen molar-refractivity contribution in [1.29, 1.82) is 0 Å². The van der Waals surface area contributed by atoms with Crippen molar-refractivity contribution < 1.29 is 18.6 Å². The second-order valence-corrected chi connectivity index (χ2v) is 6.06. The third-order valence-electron chi connectivity index (χ3n) is 2.20. The maximum absolute atomic E-state index is 12.0. The second kappa shape index (κ2) is 5.79. The van der Waals surface area contributed by atoms with Crippen molar-refractivity contribution in [3.63, 3.8) is 0 Å². The van der Waals surface area contributed by atoms with Crippen LogP contribution in [0.3, 0.4) is 0 Å². The summed E-state index contributed by atoms with van der Waals surface area (Å²) in [6.07, 6.45) is -1.10. The van der Waals surface area contributed by atoms with E-state index in [4.69, 9.17) is 16.7 Å². The zero-order valence-corrected chi connectivity index (χ0v) is 10.8. The van der Waals surface area contributed by atoms with Crippen molar-refractivity contribution in [3.8, 4) is 0 Å². The van der Waals surface area contributed by atoms with E-state index < -0.39 is 22.7 Å².